The smallest absolute Gasteiger partial charge is 0.243 e. The fraction of sp³-hybridized carbons (Fsp3) is 0.514. The largest absolute Gasteiger partial charge is 0.490 e. The van der Waals surface area contributed by atoms with Gasteiger partial charge >= 0.3 is 0 Å². The van der Waals surface area contributed by atoms with Crippen molar-refractivity contribution in [3.8, 4) is 5.75 Å². The highest BCUT2D eigenvalue weighted by Gasteiger charge is 2.42. The van der Waals surface area contributed by atoms with Crippen LogP contribution in [-0.2, 0) is 37.4 Å². The van der Waals surface area contributed by atoms with Crippen LogP contribution in [0.25, 0.3) is 0 Å². The van der Waals surface area contributed by atoms with Crippen LogP contribution in [0.4, 0.5) is 5.69 Å². The van der Waals surface area contributed by atoms with Crippen LogP contribution >= 0.6 is 11.8 Å². The molecule has 0 saturated carbocycles. The van der Waals surface area contributed by atoms with Gasteiger partial charge in [0, 0.05) is 39.3 Å². The van der Waals surface area contributed by atoms with Crippen LogP contribution in [-0.4, -0.2) is 95.2 Å². The number of benzene rings is 3. The lowest BCUT2D eigenvalue weighted by Crippen LogP contribution is -2.53. The first-order chi connectivity index (χ1) is 23.2. The number of aryl methyl sites for hydroxylation is 1. The van der Waals surface area contributed by atoms with Gasteiger partial charge in [0.05, 0.1) is 49.2 Å². The van der Waals surface area contributed by atoms with Crippen LogP contribution in [0.2, 0.25) is 0 Å². The number of aliphatic hydroxyl groups is 1. The number of β-amino-alcohol motifs (C(OH)–C–C–N with tert-alkyl or cyclic N) is 1. The van der Waals surface area contributed by atoms with Crippen LogP contribution in [0.1, 0.15) is 41.5 Å². The molecule has 0 aliphatic carbocycles. The Morgan fingerprint density at radius 3 is 2.50 bits per heavy atom. The highest BCUT2D eigenvalue weighted by Crippen LogP contribution is 2.36. The summed E-state index contributed by atoms with van der Waals surface area (Å²) in [6.07, 6.45) is 1.45. The van der Waals surface area contributed by atoms with E-state index in [4.69, 9.17) is 18.9 Å². The maximum atomic E-state index is 13.8. The summed E-state index contributed by atoms with van der Waals surface area (Å²) in [5, 5.41) is 11.6. The van der Waals surface area contributed by atoms with Gasteiger partial charge < -0.3 is 29.0 Å². The maximum absolute atomic E-state index is 13.8. The van der Waals surface area contributed by atoms with Crippen molar-refractivity contribution in [2.45, 2.75) is 56.5 Å². The van der Waals surface area contributed by atoms with Gasteiger partial charge in [-0.25, -0.2) is 8.42 Å². The van der Waals surface area contributed by atoms with Crippen LogP contribution < -0.4 is 9.64 Å². The van der Waals surface area contributed by atoms with E-state index in [2.05, 4.69) is 24.1 Å². The van der Waals surface area contributed by atoms with Gasteiger partial charge in [0.15, 0.2) is 0 Å². The maximum Gasteiger partial charge on any atom is 0.243 e. The van der Waals surface area contributed by atoms with Crippen molar-refractivity contribution in [1.82, 2.24) is 4.31 Å². The van der Waals surface area contributed by atoms with E-state index in [9.17, 15) is 13.5 Å². The predicted molar refractivity (Wildman–Crippen MR) is 192 cm³/mol. The molecule has 0 amide bonds. The van der Waals surface area contributed by atoms with Crippen LogP contribution in [0.5, 0.6) is 5.75 Å². The number of methoxy groups -OCH3 is 1. The van der Waals surface area contributed by atoms with Gasteiger partial charge in [0.25, 0.3) is 0 Å². The molecule has 1 fully saturated rings. The van der Waals surface area contributed by atoms with Gasteiger partial charge in [0.2, 0.25) is 10.0 Å². The number of thioether (sulfide) groups is 1. The molecule has 9 nitrogen and oxygen atoms in total. The Bertz CT molecular complexity index is 1550. The number of hydrogen-bond acceptors (Lipinski definition) is 9. The summed E-state index contributed by atoms with van der Waals surface area (Å²) in [5.74, 6) is 1.96. The molecule has 3 aromatic carbocycles. The molecule has 2 heterocycles. The Morgan fingerprint density at radius 1 is 1.02 bits per heavy atom. The highest BCUT2D eigenvalue weighted by molar-refractivity contribution is 7.98. The number of piperidine rings is 1. The summed E-state index contributed by atoms with van der Waals surface area (Å²) in [6.45, 7) is 8.64. The second-order valence-electron chi connectivity index (χ2n) is 12.9. The first kappa shape index (κ1) is 36.6. The summed E-state index contributed by atoms with van der Waals surface area (Å²) >= 11 is 1.82. The second kappa shape index (κ2) is 17.3. The minimum atomic E-state index is -3.85. The third-order valence-corrected chi connectivity index (χ3v) is 11.7. The van der Waals surface area contributed by atoms with Crippen molar-refractivity contribution in [3.05, 3.63) is 89.0 Å². The Kier molecular flexibility index (Phi) is 13.2. The first-order valence-corrected chi connectivity index (χ1v) is 19.5. The third-order valence-electron chi connectivity index (χ3n) is 8.96. The molecule has 4 atom stereocenters. The van der Waals surface area contributed by atoms with E-state index in [-0.39, 0.29) is 24.6 Å². The minimum absolute atomic E-state index is 0.0223. The first-order valence-electron chi connectivity index (χ1n) is 16.7. The topological polar surface area (TPSA) is 97.8 Å². The predicted octanol–water partition coefficient (Wildman–Crippen LogP) is 5.48. The normalized spacial score (nSPS) is 20.7. The number of aliphatic hydroxyl groups excluding tert-OH is 1. The molecular weight excluding hydrogens is 649 g/mol. The average molecular weight is 699 g/mol. The van der Waals surface area contributed by atoms with Crippen molar-refractivity contribution < 1.29 is 32.5 Å². The monoisotopic (exact) mass is 698 g/mol. The molecule has 5 rings (SSSR count). The van der Waals surface area contributed by atoms with Gasteiger partial charge in [-0.05, 0) is 72.2 Å². The SMILES string of the molecule is COCCCN1CCOc2ccc(CO[C@H]3CN(S(=O)(=O)c4ccc(C)cc4)C[C@@H](O)[C@@H]3c3ccc(COCC(C)CSC)cc3)cc21. The number of hydrogen-bond donors (Lipinski definition) is 1. The Labute approximate surface area is 290 Å². The molecule has 1 N–H and O–H groups in total. The Morgan fingerprint density at radius 2 is 1.77 bits per heavy atom. The zero-order valence-corrected chi connectivity index (χ0v) is 30.2. The molecule has 0 aromatic heterocycles. The van der Waals surface area contributed by atoms with Crippen LogP contribution in [0.15, 0.2) is 71.6 Å². The number of rotatable bonds is 16. The van der Waals surface area contributed by atoms with E-state index in [1.807, 2.05) is 55.1 Å². The van der Waals surface area contributed by atoms with E-state index < -0.39 is 28.1 Å². The molecule has 0 bridgehead atoms. The number of anilines is 1. The van der Waals surface area contributed by atoms with E-state index in [0.717, 1.165) is 59.0 Å². The lowest BCUT2D eigenvalue weighted by molar-refractivity contribution is -0.0534. The van der Waals surface area contributed by atoms with Crippen molar-refractivity contribution in [3.63, 3.8) is 0 Å². The third kappa shape index (κ3) is 9.32. The molecular formula is C37H50N2O7S2. The molecule has 48 heavy (non-hydrogen) atoms. The van der Waals surface area contributed by atoms with E-state index >= 15 is 0 Å². The fourth-order valence-electron chi connectivity index (χ4n) is 6.40. The Hall–Kier alpha value is -2.64. The molecule has 1 unspecified atom stereocenters. The van der Waals surface area contributed by atoms with E-state index in [0.29, 0.717) is 32.3 Å². The van der Waals surface area contributed by atoms with Crippen molar-refractivity contribution >= 4 is 27.5 Å². The number of nitrogens with zero attached hydrogens (tertiary/aromatic N) is 2. The van der Waals surface area contributed by atoms with Crippen molar-refractivity contribution in [2.75, 3.05) is 70.0 Å². The lowest BCUT2D eigenvalue weighted by atomic mass is 9.85. The van der Waals surface area contributed by atoms with E-state index in [1.54, 1.807) is 31.4 Å². The molecule has 11 heteroatoms. The molecule has 2 aliphatic rings. The lowest BCUT2D eigenvalue weighted by Gasteiger charge is -2.41. The summed E-state index contributed by atoms with van der Waals surface area (Å²) in [6, 6.07) is 20.9. The summed E-state index contributed by atoms with van der Waals surface area (Å²) in [7, 11) is -2.14. The molecule has 0 spiro atoms. The van der Waals surface area contributed by atoms with Crippen molar-refractivity contribution in [1.29, 1.82) is 0 Å². The summed E-state index contributed by atoms with van der Waals surface area (Å²) in [5.41, 5.74) is 4.90. The number of sulfonamides is 1. The summed E-state index contributed by atoms with van der Waals surface area (Å²) < 4.78 is 52.6. The second-order valence-corrected chi connectivity index (χ2v) is 15.7. The quantitative estimate of drug-likeness (QED) is 0.195. The van der Waals surface area contributed by atoms with Crippen LogP contribution in [0.3, 0.4) is 0 Å². The average Bonchev–Trinajstić information content (AvgIpc) is 3.08. The van der Waals surface area contributed by atoms with Gasteiger partial charge in [-0.3, -0.25) is 0 Å². The fourth-order valence-corrected chi connectivity index (χ4v) is 8.53. The van der Waals surface area contributed by atoms with Crippen LogP contribution in [0, 0.1) is 12.8 Å². The van der Waals surface area contributed by atoms with Gasteiger partial charge in [-0.2, -0.15) is 16.1 Å². The van der Waals surface area contributed by atoms with Gasteiger partial charge in [0.1, 0.15) is 12.4 Å². The minimum Gasteiger partial charge on any atom is -0.490 e. The number of ether oxygens (including phenoxy) is 4. The Balaban J connectivity index is 1.35. The molecule has 2 aliphatic heterocycles. The zero-order chi connectivity index (χ0) is 34.1. The highest BCUT2D eigenvalue weighted by atomic mass is 32.2. The number of fused-ring (bicyclic) bond motifs is 1. The molecule has 3 aromatic rings. The van der Waals surface area contributed by atoms with Gasteiger partial charge in [-0.15, -0.1) is 0 Å². The van der Waals surface area contributed by atoms with E-state index in [1.165, 1.54) is 4.31 Å². The zero-order valence-electron chi connectivity index (χ0n) is 28.5. The van der Waals surface area contributed by atoms with Crippen molar-refractivity contribution in [2.24, 2.45) is 5.92 Å². The molecule has 0 radical (unpaired) electrons. The van der Waals surface area contributed by atoms with Gasteiger partial charge in [-0.1, -0.05) is 55.0 Å². The molecule has 262 valence electrons. The standard InChI is InChI=1S/C37H50N2O7S2/c1-27-6-13-32(14-7-27)48(41,42)39-21-34(40)37(31-11-8-29(9-12-31)24-44-23-28(2)26-47-4)36(22-39)46-25-30-10-15-35-33(20-30)38(17-19-45-35)16-5-18-43-3/h6-15,20,28,34,36-37,40H,5,16-19,21-26H2,1-4H3/t28?,34-,36+,37+/m1/s1. The molecule has 1 saturated heterocycles. The summed E-state index contributed by atoms with van der Waals surface area (Å²) in [4.78, 5) is 2.51.